The van der Waals surface area contributed by atoms with Gasteiger partial charge in [-0.15, -0.1) is 0 Å². The molecule has 2 unspecified atom stereocenters. The Morgan fingerprint density at radius 1 is 1.05 bits per heavy atom. The van der Waals surface area contributed by atoms with Gasteiger partial charge in [0.1, 0.15) is 30.2 Å². The van der Waals surface area contributed by atoms with Crippen molar-refractivity contribution in [2.45, 2.75) is 28.3 Å². The average molecular weight is 671 g/mol. The molecule has 0 amide bonds. The number of hydrogen-bond donors (Lipinski definition) is 8. The van der Waals surface area contributed by atoms with Crippen LogP contribution in [0.1, 0.15) is 6.23 Å². The summed E-state index contributed by atoms with van der Waals surface area (Å²) in [4.78, 5) is 56.9. The number of carboxylic acid groups (broad SMARTS) is 1. The molecule has 216 valence electrons. The Labute approximate surface area is 225 Å². The number of nitrogens with zero attached hydrogens (tertiary/aromatic N) is 4. The van der Waals surface area contributed by atoms with Crippen LogP contribution in [0.5, 0.6) is 0 Å². The van der Waals surface area contributed by atoms with E-state index in [2.05, 4.69) is 28.1 Å². The predicted octanol–water partition coefficient (Wildman–Crippen LogP) is -0.188. The van der Waals surface area contributed by atoms with Gasteiger partial charge in [-0.3, -0.25) is 9.09 Å². The van der Waals surface area contributed by atoms with E-state index in [9.17, 15) is 33.6 Å². The van der Waals surface area contributed by atoms with Gasteiger partial charge in [-0.25, -0.2) is 33.4 Å². The molecule has 1 fully saturated rings. The second-order valence-electron chi connectivity index (χ2n) is 6.82. The van der Waals surface area contributed by atoms with Gasteiger partial charge in [0.25, 0.3) is 3.79 Å². The van der Waals surface area contributed by atoms with Crippen molar-refractivity contribution in [3.8, 4) is 0 Å². The number of phosphoric acid groups is 3. The van der Waals surface area contributed by atoms with Crippen LogP contribution in [0.25, 0.3) is 11.2 Å². The van der Waals surface area contributed by atoms with Gasteiger partial charge in [0, 0.05) is 0 Å². The Kier molecular flexibility index (Phi) is 10.7. The molecule has 3 heterocycles. The fourth-order valence-corrected chi connectivity index (χ4v) is 5.65. The molecule has 0 bridgehead atoms. The van der Waals surface area contributed by atoms with Crippen molar-refractivity contribution in [3.63, 3.8) is 0 Å². The monoisotopic (exact) mass is 669 g/mol. The highest BCUT2D eigenvalue weighted by Crippen LogP contribution is 2.66. The van der Waals surface area contributed by atoms with Crippen LogP contribution in [0.3, 0.4) is 0 Å². The number of alkyl halides is 3. The Morgan fingerprint density at radius 3 is 2.16 bits per heavy atom. The molecule has 0 aromatic carbocycles. The summed E-state index contributed by atoms with van der Waals surface area (Å²) in [6.45, 7) is -0.956. The van der Waals surface area contributed by atoms with Gasteiger partial charge in [0.2, 0.25) is 0 Å². The molecule has 2 aromatic rings. The first-order valence-electron chi connectivity index (χ1n) is 9.16. The molecule has 1 saturated heterocycles. The molecule has 1 aliphatic rings. The van der Waals surface area contributed by atoms with Gasteiger partial charge in [-0.2, -0.15) is 8.62 Å². The average Bonchev–Trinajstić information content (AvgIpc) is 3.26. The molecule has 0 radical (unpaired) electrons. The third-order valence-corrected chi connectivity index (χ3v) is 8.35. The number of aliphatic hydroxyl groups is 2. The van der Waals surface area contributed by atoms with Crippen molar-refractivity contribution in [3.05, 3.63) is 12.7 Å². The molecule has 1 aliphatic heterocycles. The van der Waals surface area contributed by atoms with Crippen LogP contribution in [-0.2, 0) is 36.4 Å². The molecule has 9 N–H and O–H groups in total. The smallest absolute Gasteiger partial charge is 0.478 e. The topological polar surface area (TPSA) is 316 Å². The maximum atomic E-state index is 11.8. The number of aliphatic carboxylic acids is 1. The molecule has 0 spiro atoms. The number of aliphatic hydroxyl groups excluding tert-OH is 2. The van der Waals surface area contributed by atoms with Crippen LogP contribution in [0.2, 0.25) is 0 Å². The third-order valence-electron chi connectivity index (χ3n) is 4.06. The molecular weight excluding hydrogens is 653 g/mol. The highest BCUT2D eigenvalue weighted by molar-refractivity contribution is 7.66. The van der Waals surface area contributed by atoms with E-state index >= 15 is 0 Å². The van der Waals surface area contributed by atoms with E-state index < -0.39 is 64.4 Å². The van der Waals surface area contributed by atoms with Gasteiger partial charge in [-0.05, 0) is 0 Å². The quantitative estimate of drug-likeness (QED) is 0.133. The first-order chi connectivity index (χ1) is 17.1. The van der Waals surface area contributed by atoms with Crippen molar-refractivity contribution in [2.24, 2.45) is 0 Å². The van der Waals surface area contributed by atoms with E-state index in [-0.39, 0.29) is 17.0 Å². The lowest BCUT2D eigenvalue weighted by molar-refractivity contribution is -0.135. The normalized spacial score (nSPS) is 25.3. The lowest BCUT2D eigenvalue weighted by Gasteiger charge is -2.19. The summed E-state index contributed by atoms with van der Waals surface area (Å²) in [6, 6.07) is 0. The zero-order valence-electron chi connectivity index (χ0n) is 17.9. The number of anilines is 1. The first kappa shape index (κ1) is 33.2. The number of ether oxygens (including phenoxy) is 1. The number of carbonyl (C=O) groups is 1. The molecule has 3 rings (SSSR count). The van der Waals surface area contributed by atoms with E-state index in [0.29, 0.717) is 0 Å². The minimum Gasteiger partial charge on any atom is -0.478 e. The number of imidazole rings is 1. The predicted molar refractivity (Wildman–Crippen MR) is 123 cm³/mol. The number of halogens is 3. The van der Waals surface area contributed by atoms with Crippen LogP contribution in [-0.4, -0.2) is 89.1 Å². The summed E-state index contributed by atoms with van der Waals surface area (Å²) in [6.07, 6.45) is -3.69. The second-order valence-corrected chi connectivity index (χ2v) is 13.5. The molecule has 38 heavy (non-hydrogen) atoms. The standard InChI is InChI=1S/C10H16N5O13P3.C2HCl3O2/c11-8-5-9(13-2-12-8)15(3-14-5)10-7(17)6(16)4(26-10)1-25-30(21,22)28-31(23,24)27-29(18,19)20;3-2(4,5)1(6)7/h2-4,6-7,10,16-17H,1H2,(H,21,22)(H,23,24)(H2,11,12,13)(H2,18,19,20);(H,6,7)/t4-,6-,7-,10-;/m1./s1. The molecule has 6 atom stereocenters. The lowest BCUT2D eigenvalue weighted by atomic mass is 10.1. The van der Waals surface area contributed by atoms with Gasteiger partial charge < -0.3 is 45.4 Å². The molecule has 0 saturated carbocycles. The molecular formula is C12H17Cl3N5O15P3. The number of hydrogen-bond acceptors (Lipinski definition) is 14. The number of aromatic nitrogens is 4. The van der Waals surface area contributed by atoms with Crippen LogP contribution in [0.15, 0.2) is 12.7 Å². The highest BCUT2D eigenvalue weighted by Gasteiger charge is 2.47. The van der Waals surface area contributed by atoms with Crippen LogP contribution in [0, 0.1) is 0 Å². The molecule has 26 heteroatoms. The number of fused-ring (bicyclic) bond motifs is 1. The Morgan fingerprint density at radius 2 is 1.63 bits per heavy atom. The largest absolute Gasteiger partial charge is 0.490 e. The minimum atomic E-state index is -5.70. The number of rotatable bonds is 8. The van der Waals surface area contributed by atoms with E-state index in [1.165, 1.54) is 10.9 Å². The summed E-state index contributed by atoms with van der Waals surface area (Å²) >= 11 is 14.4. The summed E-state index contributed by atoms with van der Waals surface area (Å²) < 4.78 is 49.7. The van der Waals surface area contributed by atoms with Crippen LogP contribution >= 0.6 is 58.3 Å². The van der Waals surface area contributed by atoms with Crippen molar-refractivity contribution in [1.82, 2.24) is 19.5 Å². The Balaban J connectivity index is 0.000000638. The summed E-state index contributed by atoms with van der Waals surface area (Å²) in [5.41, 5.74) is 6.00. The van der Waals surface area contributed by atoms with Crippen LogP contribution < -0.4 is 5.73 Å². The van der Waals surface area contributed by atoms with Crippen molar-refractivity contribution in [2.75, 3.05) is 12.3 Å². The zero-order valence-corrected chi connectivity index (χ0v) is 22.9. The van der Waals surface area contributed by atoms with Gasteiger partial charge in [0.15, 0.2) is 17.7 Å². The van der Waals surface area contributed by atoms with E-state index in [1.807, 2.05) is 0 Å². The summed E-state index contributed by atoms with van der Waals surface area (Å²) in [5, 5.41) is 28.3. The minimum absolute atomic E-state index is 0.0426. The van der Waals surface area contributed by atoms with E-state index in [4.69, 9.17) is 65.1 Å². The van der Waals surface area contributed by atoms with Gasteiger partial charge >= 0.3 is 29.4 Å². The van der Waals surface area contributed by atoms with Crippen molar-refractivity contribution >= 4 is 81.2 Å². The van der Waals surface area contributed by atoms with Gasteiger partial charge in [-0.1, -0.05) is 34.8 Å². The number of nitrogens with two attached hydrogens (primary N) is 1. The van der Waals surface area contributed by atoms with Crippen LogP contribution in [0.4, 0.5) is 5.82 Å². The van der Waals surface area contributed by atoms with E-state index in [1.54, 1.807) is 0 Å². The Bertz CT molecular complexity index is 1300. The number of phosphoric ester groups is 1. The Hall–Kier alpha value is -1.02. The van der Waals surface area contributed by atoms with Crippen molar-refractivity contribution < 1.29 is 71.3 Å². The van der Waals surface area contributed by atoms with E-state index in [0.717, 1.165) is 6.33 Å². The maximum Gasteiger partial charge on any atom is 0.490 e. The SMILES string of the molecule is Nc1ncnc2c1ncn2[C@@H]1O[C@H](COP(=O)(O)OP(=O)(O)OP(=O)(O)O)[C@@H](O)[C@H]1O.O=C(O)C(Cl)(Cl)Cl. The third kappa shape index (κ3) is 9.28. The second kappa shape index (κ2) is 12.2. The van der Waals surface area contributed by atoms with Crippen molar-refractivity contribution in [1.29, 1.82) is 0 Å². The zero-order chi connectivity index (χ0) is 29.3. The maximum absolute atomic E-state index is 11.8. The molecule has 2 aromatic heterocycles. The highest BCUT2D eigenvalue weighted by atomic mass is 35.6. The summed E-state index contributed by atoms with van der Waals surface area (Å²) in [5.74, 6) is -1.42. The molecule has 0 aliphatic carbocycles. The fourth-order valence-electron chi connectivity index (χ4n) is 2.62. The fraction of sp³-hybridized carbons (Fsp3) is 0.500. The number of carboxylic acids is 1. The number of nitrogen functional groups attached to an aromatic ring is 1. The first-order valence-corrected chi connectivity index (χ1v) is 14.8. The lowest BCUT2D eigenvalue weighted by Crippen LogP contribution is -2.33. The summed E-state index contributed by atoms with van der Waals surface area (Å²) in [7, 11) is -16.7. The van der Waals surface area contributed by atoms with Gasteiger partial charge in [0.05, 0.1) is 12.9 Å². The molecule has 20 nitrogen and oxygen atoms in total.